The highest BCUT2D eigenvalue weighted by Crippen LogP contribution is 2.27. The molecule has 3 rings (SSSR count). The molecule has 30 heavy (non-hydrogen) atoms. The molecule has 0 radical (unpaired) electrons. The van der Waals surface area contributed by atoms with Gasteiger partial charge in [0.05, 0.1) is 34.0 Å². The summed E-state index contributed by atoms with van der Waals surface area (Å²) < 4.78 is 56.5. The van der Waals surface area contributed by atoms with Crippen LogP contribution in [0.4, 0.5) is 14.5 Å². The lowest BCUT2D eigenvalue weighted by Crippen LogP contribution is -2.19. The van der Waals surface area contributed by atoms with Crippen LogP contribution in [0.3, 0.4) is 0 Å². The molecule has 0 fully saturated rings. The Morgan fingerprint density at radius 2 is 1.90 bits per heavy atom. The fourth-order valence-electron chi connectivity index (χ4n) is 2.79. The van der Waals surface area contributed by atoms with Crippen LogP contribution < -0.4 is 5.32 Å². The van der Waals surface area contributed by atoms with Gasteiger partial charge >= 0.3 is 5.76 Å². The van der Waals surface area contributed by atoms with Crippen molar-refractivity contribution in [2.45, 2.75) is 22.4 Å². The minimum Gasteiger partial charge on any atom is -0.383 e. The van der Waals surface area contributed by atoms with Crippen LogP contribution in [0, 0.1) is 0 Å². The average Bonchev–Trinajstić information content (AvgIpc) is 3.08. The van der Waals surface area contributed by atoms with Crippen molar-refractivity contribution >= 4 is 44.2 Å². The van der Waals surface area contributed by atoms with E-state index in [1.807, 2.05) is 28.8 Å². The number of amides is 1. The number of hydrogen-bond donors (Lipinski definition) is 1. The van der Waals surface area contributed by atoms with E-state index in [0.717, 1.165) is 28.9 Å². The molecule has 0 bridgehead atoms. The maximum absolute atomic E-state index is 12.9. The first-order valence-electron chi connectivity index (χ1n) is 8.82. The molecule has 0 unspecified atom stereocenters. The van der Waals surface area contributed by atoms with Gasteiger partial charge in [-0.05, 0) is 24.3 Å². The van der Waals surface area contributed by atoms with Gasteiger partial charge in [0, 0.05) is 13.7 Å². The Kier molecular flexibility index (Phi) is 7.06. The standard InChI is InChI=1S/C19H19F2N3O4S2/c1-28-11-10-24-15-8-4-2-6-13(15)23-19(24)29-12-17(25)22-14-7-3-5-9-16(14)30(26,27)18(20)21/h2-9,18H,10-12H2,1H3,(H,22,25). The third kappa shape index (κ3) is 4.79. The normalized spacial score (nSPS) is 11.9. The average molecular weight is 456 g/mol. The number of nitrogens with one attached hydrogen (secondary N) is 1. The van der Waals surface area contributed by atoms with Crippen LogP contribution in [-0.2, 0) is 25.9 Å². The van der Waals surface area contributed by atoms with Crippen molar-refractivity contribution in [3.63, 3.8) is 0 Å². The number of para-hydroxylation sites is 3. The SMILES string of the molecule is COCCn1c(SCC(=O)Nc2ccccc2S(=O)(=O)C(F)F)nc2ccccc21. The Labute approximate surface area is 176 Å². The number of sulfone groups is 1. The maximum atomic E-state index is 12.9. The first kappa shape index (κ1) is 22.2. The zero-order valence-corrected chi connectivity index (χ0v) is 17.6. The molecule has 11 heteroatoms. The topological polar surface area (TPSA) is 90.3 Å². The number of imidazole rings is 1. The van der Waals surface area contributed by atoms with Crippen LogP contribution in [0.5, 0.6) is 0 Å². The number of methoxy groups -OCH3 is 1. The Balaban J connectivity index is 1.76. The summed E-state index contributed by atoms with van der Waals surface area (Å²) in [5.74, 6) is -4.20. The van der Waals surface area contributed by atoms with Crippen molar-refractivity contribution in [1.29, 1.82) is 0 Å². The summed E-state index contributed by atoms with van der Waals surface area (Å²) in [6.45, 7) is 0.995. The molecule has 0 aliphatic carbocycles. The first-order chi connectivity index (χ1) is 14.3. The zero-order valence-electron chi connectivity index (χ0n) is 15.9. The lowest BCUT2D eigenvalue weighted by Gasteiger charge is -2.11. The van der Waals surface area contributed by atoms with Gasteiger partial charge in [-0.1, -0.05) is 36.0 Å². The number of nitrogens with zero attached hydrogens (tertiary/aromatic N) is 2. The Morgan fingerprint density at radius 3 is 2.63 bits per heavy atom. The van der Waals surface area contributed by atoms with Gasteiger partial charge in [-0.15, -0.1) is 0 Å². The Bertz CT molecular complexity index is 1150. The molecule has 0 aliphatic rings. The first-order valence-corrected chi connectivity index (χ1v) is 11.4. The van der Waals surface area contributed by atoms with E-state index in [2.05, 4.69) is 10.3 Å². The zero-order chi connectivity index (χ0) is 21.7. The van der Waals surface area contributed by atoms with Crippen LogP contribution in [0.25, 0.3) is 11.0 Å². The number of aromatic nitrogens is 2. The van der Waals surface area contributed by atoms with Gasteiger partial charge in [-0.3, -0.25) is 4.79 Å². The van der Waals surface area contributed by atoms with Crippen LogP contribution in [0.15, 0.2) is 58.6 Å². The number of rotatable bonds is 9. The molecular formula is C19H19F2N3O4S2. The quantitative estimate of drug-likeness (QED) is 0.498. The molecule has 7 nitrogen and oxygen atoms in total. The molecule has 1 aromatic heterocycles. The number of carbonyl (C=O) groups is 1. The lowest BCUT2D eigenvalue weighted by atomic mass is 10.3. The van der Waals surface area contributed by atoms with E-state index in [9.17, 15) is 22.0 Å². The lowest BCUT2D eigenvalue weighted by molar-refractivity contribution is -0.113. The molecule has 0 saturated carbocycles. The number of fused-ring (bicyclic) bond motifs is 1. The minimum absolute atomic E-state index is 0.0840. The second-order valence-electron chi connectivity index (χ2n) is 6.17. The van der Waals surface area contributed by atoms with E-state index in [1.165, 1.54) is 18.2 Å². The molecule has 1 heterocycles. The largest absolute Gasteiger partial charge is 0.383 e. The summed E-state index contributed by atoms with van der Waals surface area (Å²) in [5.41, 5.74) is 1.48. The molecule has 0 aliphatic heterocycles. The van der Waals surface area contributed by atoms with Crippen molar-refractivity contribution in [2.24, 2.45) is 0 Å². The van der Waals surface area contributed by atoms with Crippen molar-refractivity contribution in [3.05, 3.63) is 48.5 Å². The van der Waals surface area contributed by atoms with Gasteiger partial charge in [0.25, 0.3) is 0 Å². The van der Waals surface area contributed by atoms with Gasteiger partial charge in [0.2, 0.25) is 15.7 Å². The van der Waals surface area contributed by atoms with Gasteiger partial charge < -0.3 is 14.6 Å². The van der Waals surface area contributed by atoms with E-state index < -0.39 is 26.4 Å². The number of benzene rings is 2. The highest BCUT2D eigenvalue weighted by molar-refractivity contribution is 7.99. The highest BCUT2D eigenvalue weighted by atomic mass is 32.2. The van der Waals surface area contributed by atoms with Crippen LogP contribution in [0.2, 0.25) is 0 Å². The molecule has 0 saturated heterocycles. The monoisotopic (exact) mass is 455 g/mol. The number of carbonyl (C=O) groups excluding carboxylic acids is 1. The molecule has 160 valence electrons. The smallest absolute Gasteiger partial charge is 0.341 e. The maximum Gasteiger partial charge on any atom is 0.341 e. The van der Waals surface area contributed by atoms with Crippen molar-refractivity contribution in [3.8, 4) is 0 Å². The van der Waals surface area contributed by atoms with Gasteiger partial charge in [-0.2, -0.15) is 8.78 Å². The highest BCUT2D eigenvalue weighted by Gasteiger charge is 2.29. The third-order valence-electron chi connectivity index (χ3n) is 4.17. The second-order valence-corrected chi connectivity index (χ2v) is 8.99. The van der Waals surface area contributed by atoms with E-state index >= 15 is 0 Å². The molecule has 2 aromatic carbocycles. The number of anilines is 1. The fraction of sp³-hybridized carbons (Fsp3) is 0.263. The molecule has 3 aromatic rings. The van der Waals surface area contributed by atoms with E-state index in [0.29, 0.717) is 18.3 Å². The van der Waals surface area contributed by atoms with Crippen LogP contribution in [-0.4, -0.2) is 49.1 Å². The van der Waals surface area contributed by atoms with Crippen molar-refractivity contribution in [2.75, 3.05) is 24.8 Å². The molecule has 1 N–H and O–H groups in total. The summed E-state index contributed by atoms with van der Waals surface area (Å²) in [5, 5.41) is 3.00. The predicted octanol–water partition coefficient (Wildman–Crippen LogP) is 3.41. The number of halogens is 2. The molecular weight excluding hydrogens is 436 g/mol. The molecule has 0 spiro atoms. The second kappa shape index (κ2) is 9.54. The number of alkyl halides is 2. The summed E-state index contributed by atoms with van der Waals surface area (Å²) in [6, 6.07) is 12.6. The number of thioether (sulfide) groups is 1. The summed E-state index contributed by atoms with van der Waals surface area (Å²) >= 11 is 1.16. The minimum atomic E-state index is -4.84. The van der Waals surface area contributed by atoms with Crippen molar-refractivity contribution in [1.82, 2.24) is 9.55 Å². The molecule has 0 atom stereocenters. The van der Waals surface area contributed by atoms with E-state index in [4.69, 9.17) is 4.74 Å². The van der Waals surface area contributed by atoms with Gasteiger partial charge in [0.15, 0.2) is 5.16 Å². The van der Waals surface area contributed by atoms with Crippen molar-refractivity contribution < 1.29 is 26.7 Å². The van der Waals surface area contributed by atoms with E-state index in [-0.39, 0.29) is 11.4 Å². The number of hydrogen-bond acceptors (Lipinski definition) is 6. The Morgan fingerprint density at radius 1 is 1.20 bits per heavy atom. The predicted molar refractivity (Wildman–Crippen MR) is 111 cm³/mol. The summed E-state index contributed by atoms with van der Waals surface area (Å²) in [7, 11) is -3.25. The fourth-order valence-corrected chi connectivity index (χ4v) is 4.52. The molecule has 1 amide bonds. The summed E-state index contributed by atoms with van der Waals surface area (Å²) in [4.78, 5) is 16.3. The van der Waals surface area contributed by atoms with Gasteiger partial charge in [-0.25, -0.2) is 13.4 Å². The van der Waals surface area contributed by atoms with E-state index in [1.54, 1.807) is 7.11 Å². The number of ether oxygens (including phenoxy) is 1. The van der Waals surface area contributed by atoms with Crippen LogP contribution in [0.1, 0.15) is 0 Å². The third-order valence-corrected chi connectivity index (χ3v) is 6.59. The summed E-state index contributed by atoms with van der Waals surface area (Å²) in [6.07, 6.45) is 0. The Hall–Kier alpha value is -2.50. The van der Waals surface area contributed by atoms with Gasteiger partial charge in [0.1, 0.15) is 0 Å². The van der Waals surface area contributed by atoms with Crippen LogP contribution >= 0.6 is 11.8 Å².